The van der Waals surface area contributed by atoms with Gasteiger partial charge in [0.2, 0.25) is 11.3 Å². The lowest BCUT2D eigenvalue weighted by molar-refractivity contribution is 0.257. The zero-order chi connectivity index (χ0) is 34.3. The third-order valence-corrected chi connectivity index (χ3v) is 10.1. The van der Waals surface area contributed by atoms with E-state index in [0.29, 0.717) is 54.1 Å². The largest absolute Gasteiger partial charge is 0.243 e. The molecule has 0 bridgehead atoms. The SMILES string of the molecule is Clc1cccc(Cl)c1C1(C2(c3c(Cl)cccc3Cl)N=C(c3ccccc3)C(c3ccccc3)=N2)N=C(c2ccccc2)C(c2ccccc2)=N1. The molecule has 0 radical (unpaired) electrons. The van der Waals surface area contributed by atoms with Crippen molar-refractivity contribution in [2.75, 3.05) is 0 Å². The number of halogens is 4. The minimum absolute atomic E-state index is 0.342. The van der Waals surface area contributed by atoms with E-state index >= 15 is 0 Å². The van der Waals surface area contributed by atoms with Gasteiger partial charge < -0.3 is 0 Å². The molecule has 0 saturated carbocycles. The first kappa shape index (κ1) is 32.4. The Kier molecular flexibility index (Phi) is 8.50. The van der Waals surface area contributed by atoms with Crippen LogP contribution in [0.5, 0.6) is 0 Å². The standard InChI is InChI=1S/C42H26Cl4N4/c43-31-23-13-24-32(44)35(31)41(47-37(27-15-5-1-6-16-27)38(48-41)28-17-7-2-8-18-28)42(36-33(45)25-14-26-34(36)46)49-39(29-19-9-3-10-20-29)40(50-42)30-21-11-4-12-22-30/h1-26H. The Labute approximate surface area is 310 Å². The Morgan fingerprint density at radius 1 is 0.280 bits per heavy atom. The highest BCUT2D eigenvalue weighted by Crippen LogP contribution is 2.59. The summed E-state index contributed by atoms with van der Waals surface area (Å²) in [7, 11) is 0. The van der Waals surface area contributed by atoms with Gasteiger partial charge in [-0.25, -0.2) is 20.0 Å². The summed E-state index contributed by atoms with van der Waals surface area (Å²) in [6.07, 6.45) is 0. The molecule has 2 aliphatic heterocycles. The van der Waals surface area contributed by atoms with Crippen molar-refractivity contribution < 1.29 is 0 Å². The number of nitrogens with zero attached hydrogens (tertiary/aromatic N) is 4. The van der Waals surface area contributed by atoms with Gasteiger partial charge in [0, 0.05) is 53.5 Å². The lowest BCUT2D eigenvalue weighted by atomic mass is 9.81. The summed E-state index contributed by atoms with van der Waals surface area (Å²) in [6.45, 7) is 0. The van der Waals surface area contributed by atoms with Gasteiger partial charge in [-0.15, -0.1) is 0 Å². The van der Waals surface area contributed by atoms with Crippen molar-refractivity contribution >= 4 is 69.3 Å². The second-order valence-corrected chi connectivity index (χ2v) is 13.5. The fraction of sp³-hybridized carbons (Fsp3) is 0.0476. The van der Waals surface area contributed by atoms with Crippen LogP contribution >= 0.6 is 46.4 Å². The van der Waals surface area contributed by atoms with Gasteiger partial charge in [-0.05, 0) is 24.3 Å². The molecule has 8 heteroatoms. The van der Waals surface area contributed by atoms with Gasteiger partial charge in [0.1, 0.15) is 0 Å². The molecule has 0 N–H and O–H groups in total. The molecule has 0 aliphatic carbocycles. The predicted molar refractivity (Wildman–Crippen MR) is 208 cm³/mol. The van der Waals surface area contributed by atoms with Gasteiger partial charge in [-0.2, -0.15) is 0 Å². The van der Waals surface area contributed by atoms with Crippen LogP contribution in [0.2, 0.25) is 20.1 Å². The molecule has 242 valence electrons. The van der Waals surface area contributed by atoms with E-state index in [1.54, 1.807) is 36.4 Å². The van der Waals surface area contributed by atoms with Crippen LogP contribution in [0.15, 0.2) is 178 Å². The van der Waals surface area contributed by atoms with Crippen molar-refractivity contribution in [2.45, 2.75) is 11.3 Å². The third-order valence-electron chi connectivity index (χ3n) is 8.84. The zero-order valence-electron chi connectivity index (χ0n) is 26.3. The van der Waals surface area contributed by atoms with Crippen LogP contribution in [0.3, 0.4) is 0 Å². The average Bonchev–Trinajstić information content (AvgIpc) is 3.75. The zero-order valence-corrected chi connectivity index (χ0v) is 29.3. The smallest absolute Gasteiger partial charge is 0.229 e. The number of rotatable bonds is 7. The maximum atomic E-state index is 7.21. The topological polar surface area (TPSA) is 49.4 Å². The van der Waals surface area contributed by atoms with Crippen LogP contribution in [0.25, 0.3) is 0 Å². The van der Waals surface area contributed by atoms with Crippen molar-refractivity contribution in [1.82, 2.24) is 0 Å². The van der Waals surface area contributed by atoms with E-state index < -0.39 is 11.3 Å². The first-order valence-electron chi connectivity index (χ1n) is 15.9. The van der Waals surface area contributed by atoms with E-state index in [2.05, 4.69) is 0 Å². The highest BCUT2D eigenvalue weighted by atomic mass is 35.5. The molecule has 2 heterocycles. The minimum atomic E-state index is -1.73. The van der Waals surface area contributed by atoms with E-state index in [-0.39, 0.29) is 0 Å². The van der Waals surface area contributed by atoms with Gasteiger partial charge in [-0.1, -0.05) is 180 Å². The normalized spacial score (nSPS) is 16.0. The van der Waals surface area contributed by atoms with Crippen LogP contribution in [0, 0.1) is 0 Å². The van der Waals surface area contributed by atoms with Crippen molar-refractivity contribution in [3.8, 4) is 0 Å². The van der Waals surface area contributed by atoms with Gasteiger partial charge >= 0.3 is 0 Å². The Hall–Kier alpha value is -4.84. The molecule has 0 aromatic heterocycles. The molecular formula is C42H26Cl4N4. The van der Waals surface area contributed by atoms with Crippen molar-refractivity contribution in [1.29, 1.82) is 0 Å². The van der Waals surface area contributed by atoms with Crippen molar-refractivity contribution in [3.05, 3.63) is 211 Å². The van der Waals surface area contributed by atoms with Crippen LogP contribution in [-0.2, 0) is 11.3 Å². The van der Waals surface area contributed by atoms with Gasteiger partial charge in [0.05, 0.1) is 22.8 Å². The molecule has 4 nitrogen and oxygen atoms in total. The Bertz CT molecular complexity index is 2030. The van der Waals surface area contributed by atoms with Gasteiger partial charge in [0.25, 0.3) is 0 Å². The number of benzene rings is 6. The molecule has 2 aliphatic rings. The number of hydrogen-bond acceptors (Lipinski definition) is 4. The van der Waals surface area contributed by atoms with E-state index in [0.717, 1.165) is 22.3 Å². The summed E-state index contributed by atoms with van der Waals surface area (Å²) in [5, 5.41) is 1.37. The molecule has 0 amide bonds. The Balaban J connectivity index is 1.60. The highest BCUT2D eigenvalue weighted by Gasteiger charge is 2.63. The average molecular weight is 729 g/mol. The first-order chi connectivity index (χ1) is 24.4. The van der Waals surface area contributed by atoms with E-state index in [9.17, 15) is 0 Å². The molecule has 0 spiro atoms. The Morgan fingerprint density at radius 2 is 0.500 bits per heavy atom. The molecule has 0 atom stereocenters. The third kappa shape index (κ3) is 5.31. The molecule has 0 saturated heterocycles. The fourth-order valence-electron chi connectivity index (χ4n) is 6.64. The van der Waals surface area contributed by atoms with E-state index in [1.165, 1.54) is 0 Å². The summed E-state index contributed by atoms with van der Waals surface area (Å²) in [6, 6.07) is 50.3. The molecule has 0 fully saturated rings. The summed E-state index contributed by atoms with van der Waals surface area (Å²) < 4.78 is 0. The summed E-state index contributed by atoms with van der Waals surface area (Å²) in [5.41, 5.74) is 3.25. The monoisotopic (exact) mass is 726 g/mol. The predicted octanol–water partition coefficient (Wildman–Crippen LogP) is 11.3. The van der Waals surface area contributed by atoms with Gasteiger partial charge in [0.15, 0.2) is 0 Å². The molecule has 50 heavy (non-hydrogen) atoms. The minimum Gasteiger partial charge on any atom is -0.243 e. The van der Waals surface area contributed by atoms with Crippen molar-refractivity contribution in [2.24, 2.45) is 20.0 Å². The molecule has 6 aromatic rings. The lowest BCUT2D eigenvalue weighted by Crippen LogP contribution is -2.44. The first-order valence-corrected chi connectivity index (χ1v) is 17.4. The van der Waals surface area contributed by atoms with Crippen LogP contribution < -0.4 is 0 Å². The van der Waals surface area contributed by atoms with E-state index in [4.69, 9.17) is 66.4 Å². The molecule has 6 aromatic carbocycles. The van der Waals surface area contributed by atoms with Crippen LogP contribution in [-0.4, -0.2) is 22.8 Å². The van der Waals surface area contributed by atoms with E-state index in [1.807, 2.05) is 121 Å². The lowest BCUT2D eigenvalue weighted by Gasteiger charge is -2.39. The summed E-state index contributed by atoms with van der Waals surface area (Å²) in [5.74, 6) is 0. The fourth-order valence-corrected chi connectivity index (χ4v) is 7.97. The maximum Gasteiger partial charge on any atom is 0.229 e. The van der Waals surface area contributed by atoms with Crippen LogP contribution in [0.4, 0.5) is 0 Å². The summed E-state index contributed by atoms with van der Waals surface area (Å²) in [4.78, 5) is 22.5. The number of hydrogen-bond donors (Lipinski definition) is 0. The molecular weight excluding hydrogens is 702 g/mol. The van der Waals surface area contributed by atoms with Crippen molar-refractivity contribution in [3.63, 3.8) is 0 Å². The second kappa shape index (κ2) is 13.1. The second-order valence-electron chi connectivity index (χ2n) is 11.8. The highest BCUT2D eigenvalue weighted by molar-refractivity contribution is 6.56. The number of aliphatic imine (C=N–C) groups is 4. The molecule has 8 rings (SSSR count). The Morgan fingerprint density at radius 3 is 0.720 bits per heavy atom. The molecule has 0 unspecified atom stereocenters. The quantitative estimate of drug-likeness (QED) is 0.157. The van der Waals surface area contributed by atoms with Crippen LogP contribution in [0.1, 0.15) is 33.4 Å². The van der Waals surface area contributed by atoms with Gasteiger partial charge in [-0.3, -0.25) is 0 Å². The summed E-state index contributed by atoms with van der Waals surface area (Å²) >= 11 is 28.9. The maximum absolute atomic E-state index is 7.21.